The van der Waals surface area contributed by atoms with Gasteiger partial charge in [-0.2, -0.15) is 0 Å². The lowest BCUT2D eigenvalue weighted by atomic mass is 10.0. The lowest BCUT2D eigenvalue weighted by Crippen LogP contribution is -2.26. The third kappa shape index (κ3) is 3.62. The maximum Gasteiger partial charge on any atom is 0.126 e. The van der Waals surface area contributed by atoms with E-state index in [2.05, 4.69) is 20.9 Å². The van der Waals surface area contributed by atoms with Gasteiger partial charge < -0.3 is 5.73 Å². The Morgan fingerprint density at radius 1 is 1.22 bits per heavy atom. The van der Waals surface area contributed by atoms with Crippen molar-refractivity contribution in [3.8, 4) is 0 Å². The minimum absolute atomic E-state index is 0.135. The first-order valence-corrected chi connectivity index (χ1v) is 6.54. The second-order valence-electron chi connectivity index (χ2n) is 4.23. The van der Waals surface area contributed by atoms with E-state index in [4.69, 9.17) is 5.73 Å². The fourth-order valence-corrected chi connectivity index (χ4v) is 2.25. The molecule has 4 heteroatoms. The summed E-state index contributed by atoms with van der Waals surface area (Å²) in [6, 6.07) is 10.5. The van der Waals surface area contributed by atoms with E-state index in [0.29, 0.717) is 18.4 Å². The molecule has 2 nitrogen and oxygen atoms in total. The Kier molecular flexibility index (Phi) is 4.44. The predicted octanol–water partition coefficient (Wildman–Crippen LogP) is 3.10. The fraction of sp³-hybridized carbons (Fsp3) is 0.214. The average molecular weight is 309 g/mol. The summed E-state index contributed by atoms with van der Waals surface area (Å²) in [5, 5.41) is 0. The summed E-state index contributed by atoms with van der Waals surface area (Å²) in [4.78, 5) is 4.22. The Hall–Kier alpha value is -1.26. The van der Waals surface area contributed by atoms with E-state index >= 15 is 0 Å². The van der Waals surface area contributed by atoms with Crippen molar-refractivity contribution in [3.63, 3.8) is 0 Å². The first kappa shape index (κ1) is 13.2. The van der Waals surface area contributed by atoms with Gasteiger partial charge in [0.2, 0.25) is 0 Å². The van der Waals surface area contributed by atoms with E-state index in [1.165, 1.54) is 6.07 Å². The van der Waals surface area contributed by atoms with E-state index in [0.717, 1.165) is 10.2 Å². The third-order valence-electron chi connectivity index (χ3n) is 2.69. The van der Waals surface area contributed by atoms with Gasteiger partial charge in [-0.25, -0.2) is 4.39 Å². The lowest BCUT2D eigenvalue weighted by Gasteiger charge is -2.12. The van der Waals surface area contributed by atoms with E-state index in [1.54, 1.807) is 18.3 Å². The Bertz CT molecular complexity index is 516. The summed E-state index contributed by atoms with van der Waals surface area (Å²) in [5.41, 5.74) is 7.60. The summed E-state index contributed by atoms with van der Waals surface area (Å²) in [5.74, 6) is -0.213. The summed E-state index contributed by atoms with van der Waals surface area (Å²) >= 11 is 3.33. The first-order valence-electron chi connectivity index (χ1n) is 5.74. The van der Waals surface area contributed by atoms with Gasteiger partial charge in [0, 0.05) is 28.8 Å². The van der Waals surface area contributed by atoms with Gasteiger partial charge in [-0.3, -0.25) is 4.98 Å². The van der Waals surface area contributed by atoms with Gasteiger partial charge in [-0.15, -0.1) is 0 Å². The van der Waals surface area contributed by atoms with Crippen molar-refractivity contribution in [1.29, 1.82) is 0 Å². The van der Waals surface area contributed by atoms with Gasteiger partial charge in [-0.05, 0) is 42.3 Å². The topological polar surface area (TPSA) is 38.9 Å². The zero-order chi connectivity index (χ0) is 13.0. The van der Waals surface area contributed by atoms with Gasteiger partial charge in [0.05, 0.1) is 0 Å². The van der Waals surface area contributed by atoms with Gasteiger partial charge in [0.15, 0.2) is 0 Å². The number of benzene rings is 1. The van der Waals surface area contributed by atoms with Gasteiger partial charge >= 0.3 is 0 Å². The Morgan fingerprint density at radius 3 is 2.78 bits per heavy atom. The molecule has 18 heavy (non-hydrogen) atoms. The van der Waals surface area contributed by atoms with E-state index < -0.39 is 0 Å². The average Bonchev–Trinajstić information content (AvgIpc) is 2.35. The molecule has 0 amide bonds. The maximum absolute atomic E-state index is 13.6. The lowest BCUT2D eigenvalue weighted by molar-refractivity contribution is 0.581. The number of aromatic nitrogens is 1. The number of nitrogens with zero attached hydrogens (tertiary/aromatic N) is 1. The fourth-order valence-electron chi connectivity index (χ4n) is 1.84. The molecule has 0 spiro atoms. The molecule has 0 saturated carbocycles. The monoisotopic (exact) mass is 308 g/mol. The SMILES string of the molecule is NC(Cc1ccccn1)Cc1cc(Br)ccc1F. The minimum atomic E-state index is -0.213. The second-order valence-corrected chi connectivity index (χ2v) is 5.14. The zero-order valence-electron chi connectivity index (χ0n) is 9.81. The van der Waals surface area contributed by atoms with Crippen LogP contribution in [0.15, 0.2) is 47.1 Å². The molecule has 1 heterocycles. The van der Waals surface area contributed by atoms with Crippen LogP contribution in [0.5, 0.6) is 0 Å². The van der Waals surface area contributed by atoms with Crippen LogP contribution >= 0.6 is 15.9 Å². The summed E-state index contributed by atoms with van der Waals surface area (Å²) in [6.45, 7) is 0. The maximum atomic E-state index is 13.6. The third-order valence-corrected chi connectivity index (χ3v) is 3.18. The first-order chi connectivity index (χ1) is 8.65. The van der Waals surface area contributed by atoms with Crippen LogP contribution in [-0.4, -0.2) is 11.0 Å². The Balaban J connectivity index is 2.03. The molecule has 0 aliphatic heterocycles. The van der Waals surface area contributed by atoms with Crippen molar-refractivity contribution >= 4 is 15.9 Å². The zero-order valence-corrected chi connectivity index (χ0v) is 11.4. The van der Waals surface area contributed by atoms with Crippen LogP contribution in [0.25, 0.3) is 0 Å². The molecule has 0 bridgehead atoms. The van der Waals surface area contributed by atoms with Crippen molar-refractivity contribution in [3.05, 3.63) is 64.1 Å². The molecule has 2 N–H and O–H groups in total. The molecule has 1 atom stereocenters. The molecule has 0 aliphatic carbocycles. The van der Waals surface area contributed by atoms with Crippen molar-refractivity contribution in [2.45, 2.75) is 18.9 Å². The molecule has 0 radical (unpaired) electrons. The highest BCUT2D eigenvalue weighted by Gasteiger charge is 2.10. The van der Waals surface area contributed by atoms with Crippen LogP contribution in [0.1, 0.15) is 11.3 Å². The van der Waals surface area contributed by atoms with Crippen LogP contribution in [0.4, 0.5) is 4.39 Å². The molecular formula is C14H14BrFN2. The summed E-state index contributed by atoms with van der Waals surface area (Å²) in [6.07, 6.45) is 2.89. The van der Waals surface area contributed by atoms with E-state index in [-0.39, 0.29) is 11.9 Å². The molecule has 1 aromatic carbocycles. The van der Waals surface area contributed by atoms with Crippen molar-refractivity contribution < 1.29 is 4.39 Å². The van der Waals surface area contributed by atoms with Gasteiger partial charge in [0.1, 0.15) is 5.82 Å². The highest BCUT2D eigenvalue weighted by molar-refractivity contribution is 9.10. The number of hydrogen-bond donors (Lipinski definition) is 1. The highest BCUT2D eigenvalue weighted by Crippen LogP contribution is 2.17. The number of rotatable bonds is 4. The molecule has 2 rings (SSSR count). The van der Waals surface area contributed by atoms with E-state index in [9.17, 15) is 4.39 Å². The molecule has 1 aromatic heterocycles. The molecule has 0 fully saturated rings. The predicted molar refractivity (Wildman–Crippen MR) is 73.7 cm³/mol. The standard InChI is InChI=1S/C14H14BrFN2/c15-11-4-5-14(16)10(7-11)8-12(17)9-13-3-1-2-6-18-13/h1-7,12H,8-9,17H2. The second kappa shape index (κ2) is 6.07. The summed E-state index contributed by atoms with van der Waals surface area (Å²) < 4.78 is 14.4. The highest BCUT2D eigenvalue weighted by atomic mass is 79.9. The molecule has 0 aliphatic rings. The molecule has 0 saturated heterocycles. The number of nitrogens with two attached hydrogens (primary N) is 1. The Labute approximate surface area is 114 Å². The normalized spacial score (nSPS) is 12.4. The smallest absolute Gasteiger partial charge is 0.126 e. The minimum Gasteiger partial charge on any atom is -0.327 e. The largest absolute Gasteiger partial charge is 0.327 e. The molecule has 2 aromatic rings. The van der Waals surface area contributed by atoms with Crippen LogP contribution in [0.3, 0.4) is 0 Å². The number of hydrogen-bond acceptors (Lipinski definition) is 2. The van der Waals surface area contributed by atoms with Crippen molar-refractivity contribution in [2.75, 3.05) is 0 Å². The molecular weight excluding hydrogens is 295 g/mol. The van der Waals surface area contributed by atoms with Crippen molar-refractivity contribution in [1.82, 2.24) is 4.98 Å². The van der Waals surface area contributed by atoms with E-state index in [1.807, 2.05) is 18.2 Å². The van der Waals surface area contributed by atoms with Gasteiger partial charge in [0.25, 0.3) is 0 Å². The molecule has 1 unspecified atom stereocenters. The van der Waals surface area contributed by atoms with Crippen molar-refractivity contribution in [2.24, 2.45) is 5.73 Å². The number of pyridine rings is 1. The summed E-state index contributed by atoms with van der Waals surface area (Å²) in [7, 11) is 0. The van der Waals surface area contributed by atoms with Gasteiger partial charge in [-0.1, -0.05) is 22.0 Å². The van der Waals surface area contributed by atoms with Crippen LogP contribution in [-0.2, 0) is 12.8 Å². The molecule has 94 valence electrons. The number of halogens is 2. The quantitative estimate of drug-likeness (QED) is 0.942. The Morgan fingerprint density at radius 2 is 2.06 bits per heavy atom. The van der Waals surface area contributed by atoms with Crippen LogP contribution in [0, 0.1) is 5.82 Å². The van der Waals surface area contributed by atoms with Crippen LogP contribution in [0.2, 0.25) is 0 Å². The van der Waals surface area contributed by atoms with Crippen LogP contribution < -0.4 is 5.73 Å².